The van der Waals surface area contributed by atoms with Crippen LogP contribution in [0.3, 0.4) is 0 Å². The largest absolute Gasteiger partial charge is 0.436 e. The summed E-state index contributed by atoms with van der Waals surface area (Å²) in [4.78, 5) is 0.139. The molecule has 5 aromatic rings. The van der Waals surface area contributed by atoms with Gasteiger partial charge in [-0.2, -0.15) is 18.3 Å². The Morgan fingerprint density at radius 2 is 1.53 bits per heavy atom. The Kier molecular flexibility index (Phi) is 5.51. The van der Waals surface area contributed by atoms with Crippen LogP contribution >= 0.6 is 0 Å². The number of benzene rings is 3. The number of fused-ring (bicyclic) bond motifs is 1. The fourth-order valence-electron chi connectivity index (χ4n) is 4.03. The lowest BCUT2D eigenvalue weighted by Gasteiger charge is -2.08. The fraction of sp³-hybridized carbons (Fsp3) is 0.115. The van der Waals surface area contributed by atoms with E-state index < -0.39 is 27.4 Å². The van der Waals surface area contributed by atoms with Gasteiger partial charge < -0.3 is 4.42 Å². The Hall–Kier alpha value is -3.92. The topological polar surface area (TPSA) is 64.6 Å². The van der Waals surface area contributed by atoms with Gasteiger partial charge in [0.15, 0.2) is 15.6 Å². The van der Waals surface area contributed by atoms with E-state index in [-0.39, 0.29) is 21.9 Å². The maximum Gasteiger partial charge on any atom is 0.416 e. The quantitative estimate of drug-likeness (QED) is 0.248. The molecule has 184 valence electrons. The van der Waals surface area contributed by atoms with Crippen molar-refractivity contribution in [2.75, 3.05) is 6.26 Å². The third-order valence-corrected chi connectivity index (χ3v) is 6.96. The molecule has 0 unspecified atom stereocenters. The molecule has 0 bridgehead atoms. The second kappa shape index (κ2) is 8.34. The van der Waals surface area contributed by atoms with Crippen molar-refractivity contribution in [3.63, 3.8) is 0 Å². The van der Waals surface area contributed by atoms with Gasteiger partial charge in [-0.05, 0) is 48.9 Å². The highest BCUT2D eigenvalue weighted by Crippen LogP contribution is 2.40. The molecule has 0 amide bonds. The van der Waals surface area contributed by atoms with Gasteiger partial charge in [0.05, 0.1) is 21.7 Å². The summed E-state index contributed by atoms with van der Waals surface area (Å²) < 4.78 is 84.8. The molecule has 36 heavy (non-hydrogen) atoms. The summed E-state index contributed by atoms with van der Waals surface area (Å²) in [6.45, 7) is 1.67. The zero-order chi connectivity index (χ0) is 25.8. The lowest BCUT2D eigenvalue weighted by Crippen LogP contribution is -2.04. The molecule has 0 aliphatic rings. The fourth-order valence-corrected chi connectivity index (χ4v) is 4.66. The van der Waals surface area contributed by atoms with E-state index >= 15 is 0 Å². The molecule has 5 nitrogen and oxygen atoms in total. The summed E-state index contributed by atoms with van der Waals surface area (Å²) in [5.74, 6) is -0.229. The lowest BCUT2D eigenvalue weighted by atomic mass is 10.0. The van der Waals surface area contributed by atoms with Crippen LogP contribution in [-0.4, -0.2) is 24.3 Å². The first kappa shape index (κ1) is 23.8. The Bertz CT molecular complexity index is 1700. The predicted molar refractivity (Wildman–Crippen MR) is 127 cm³/mol. The van der Waals surface area contributed by atoms with Crippen LogP contribution in [0.1, 0.15) is 11.3 Å². The van der Waals surface area contributed by atoms with Crippen LogP contribution < -0.4 is 0 Å². The lowest BCUT2D eigenvalue weighted by molar-refractivity contribution is -0.137. The first-order valence-electron chi connectivity index (χ1n) is 10.7. The van der Waals surface area contributed by atoms with Crippen molar-refractivity contribution in [3.8, 4) is 33.7 Å². The van der Waals surface area contributed by atoms with Gasteiger partial charge in [0.25, 0.3) is 0 Å². The van der Waals surface area contributed by atoms with Crippen molar-refractivity contribution in [1.29, 1.82) is 0 Å². The maximum atomic E-state index is 13.7. The summed E-state index contributed by atoms with van der Waals surface area (Å²) in [5.41, 5.74) is 2.23. The number of hydrogen-bond acceptors (Lipinski definition) is 4. The van der Waals surface area contributed by atoms with E-state index in [2.05, 4.69) is 5.10 Å². The molecule has 10 heteroatoms. The number of rotatable bonds is 4. The minimum absolute atomic E-state index is 0.139. The predicted octanol–water partition coefficient (Wildman–Crippen LogP) is 6.80. The highest BCUT2D eigenvalue weighted by atomic mass is 32.2. The number of hydrogen-bond donors (Lipinski definition) is 0. The van der Waals surface area contributed by atoms with Crippen LogP contribution in [0.25, 0.3) is 39.4 Å². The molecule has 5 rings (SSSR count). The molecule has 0 aliphatic heterocycles. The Morgan fingerprint density at radius 3 is 2.14 bits per heavy atom. The van der Waals surface area contributed by atoms with Gasteiger partial charge in [-0.25, -0.2) is 17.3 Å². The third kappa shape index (κ3) is 4.17. The molecule has 0 atom stereocenters. The standard InChI is InChI=1S/C26H18F4N2O3S/c1-15-24(18-4-3-5-19(14-18)26(28,29)30)35-25-22(16-6-10-20(27)11-7-16)23(31-32(15)25)17-8-12-21(13-9-17)36(2,33)34/h3-14H,1-2H3. The van der Waals surface area contributed by atoms with E-state index in [0.717, 1.165) is 18.4 Å². The Labute approximate surface area is 203 Å². The van der Waals surface area contributed by atoms with E-state index in [4.69, 9.17) is 4.42 Å². The Morgan fingerprint density at radius 1 is 0.889 bits per heavy atom. The van der Waals surface area contributed by atoms with Crippen molar-refractivity contribution in [3.05, 3.63) is 89.9 Å². The van der Waals surface area contributed by atoms with Crippen LogP contribution in [0.2, 0.25) is 0 Å². The molecule has 2 aromatic heterocycles. The number of oxazole rings is 1. The van der Waals surface area contributed by atoms with Crippen molar-refractivity contribution in [2.45, 2.75) is 18.0 Å². The minimum atomic E-state index is -4.51. The van der Waals surface area contributed by atoms with Crippen molar-refractivity contribution < 1.29 is 30.4 Å². The molecule has 0 N–H and O–H groups in total. The first-order valence-corrected chi connectivity index (χ1v) is 12.6. The number of aromatic nitrogens is 2. The molecule has 0 fully saturated rings. The highest BCUT2D eigenvalue weighted by Gasteiger charge is 2.31. The van der Waals surface area contributed by atoms with E-state index in [9.17, 15) is 26.0 Å². The summed E-state index contributed by atoms with van der Waals surface area (Å²) in [6.07, 6.45) is -3.41. The van der Waals surface area contributed by atoms with Crippen LogP contribution in [0.15, 0.2) is 82.1 Å². The highest BCUT2D eigenvalue weighted by molar-refractivity contribution is 7.90. The van der Waals surface area contributed by atoms with Crippen molar-refractivity contribution in [1.82, 2.24) is 9.61 Å². The summed E-state index contributed by atoms with van der Waals surface area (Å²) in [7, 11) is -3.41. The molecular weight excluding hydrogens is 496 g/mol. The van der Waals surface area contributed by atoms with Crippen LogP contribution in [0.5, 0.6) is 0 Å². The molecule has 2 heterocycles. The smallest absolute Gasteiger partial charge is 0.416 e. The molecule has 3 aromatic carbocycles. The van der Waals surface area contributed by atoms with Gasteiger partial charge in [-0.15, -0.1) is 0 Å². The molecule has 0 saturated heterocycles. The maximum absolute atomic E-state index is 13.7. The van der Waals surface area contributed by atoms with Crippen LogP contribution in [0.4, 0.5) is 17.6 Å². The summed E-state index contributed by atoms with van der Waals surface area (Å²) in [6, 6.07) is 16.6. The minimum Gasteiger partial charge on any atom is -0.436 e. The van der Waals surface area contributed by atoms with E-state index in [0.29, 0.717) is 28.1 Å². The van der Waals surface area contributed by atoms with Gasteiger partial charge in [0.2, 0.25) is 5.71 Å². The van der Waals surface area contributed by atoms with Gasteiger partial charge in [0, 0.05) is 17.4 Å². The number of aryl methyl sites for hydroxylation is 1. The van der Waals surface area contributed by atoms with Gasteiger partial charge in [-0.3, -0.25) is 0 Å². The zero-order valence-corrected chi connectivity index (χ0v) is 19.8. The molecule has 0 spiro atoms. The molecule has 0 radical (unpaired) electrons. The van der Waals surface area contributed by atoms with Crippen molar-refractivity contribution >= 4 is 15.6 Å². The van der Waals surface area contributed by atoms with Gasteiger partial charge >= 0.3 is 6.18 Å². The van der Waals surface area contributed by atoms with Crippen LogP contribution in [0, 0.1) is 12.7 Å². The number of halogens is 4. The second-order valence-corrected chi connectivity index (χ2v) is 10.4. The average Bonchev–Trinajstić information content (AvgIpc) is 3.35. The average molecular weight is 515 g/mol. The summed E-state index contributed by atoms with van der Waals surface area (Å²) in [5, 5.41) is 4.65. The van der Waals surface area contributed by atoms with E-state index in [1.165, 1.54) is 40.9 Å². The van der Waals surface area contributed by atoms with E-state index in [1.54, 1.807) is 31.2 Å². The zero-order valence-electron chi connectivity index (χ0n) is 19.0. The summed E-state index contributed by atoms with van der Waals surface area (Å²) >= 11 is 0. The van der Waals surface area contributed by atoms with Gasteiger partial charge in [0.1, 0.15) is 11.5 Å². The molecule has 0 aliphatic carbocycles. The second-order valence-electron chi connectivity index (χ2n) is 8.34. The monoisotopic (exact) mass is 514 g/mol. The third-order valence-electron chi connectivity index (χ3n) is 5.83. The first-order chi connectivity index (χ1) is 16.9. The molecule has 0 saturated carbocycles. The van der Waals surface area contributed by atoms with E-state index in [1.807, 2.05) is 0 Å². The molecular formula is C26H18F4N2O3S. The normalized spacial score (nSPS) is 12.4. The SMILES string of the molecule is Cc1c(-c2cccc(C(F)(F)F)c2)oc2c(-c3ccc(F)cc3)c(-c3ccc(S(C)(=O)=O)cc3)nn12. The van der Waals surface area contributed by atoms with Gasteiger partial charge in [-0.1, -0.05) is 36.4 Å². The number of alkyl halides is 3. The van der Waals surface area contributed by atoms with Crippen molar-refractivity contribution in [2.24, 2.45) is 0 Å². The van der Waals surface area contributed by atoms with Crippen LogP contribution in [-0.2, 0) is 16.0 Å². The Balaban J connectivity index is 1.73. The number of sulfone groups is 1. The number of nitrogens with zero attached hydrogens (tertiary/aromatic N) is 2.